The molecule has 0 rings (SSSR count). The second-order valence-corrected chi connectivity index (χ2v) is 2.57. The molecule has 12 heavy (non-hydrogen) atoms. The molecule has 1 amide bonds. The Kier molecular flexibility index (Phi) is 6.12. The van der Waals surface area contributed by atoms with E-state index in [1.54, 1.807) is 6.92 Å². The van der Waals surface area contributed by atoms with Crippen molar-refractivity contribution in [2.24, 2.45) is 5.73 Å². The molecule has 0 aliphatic rings. The molecule has 1 unspecified atom stereocenters. The van der Waals surface area contributed by atoms with Crippen LogP contribution >= 0.6 is 0 Å². The number of nitrogens with one attached hydrogen (secondary N) is 1. The van der Waals surface area contributed by atoms with Gasteiger partial charge in [0.1, 0.15) is 0 Å². The van der Waals surface area contributed by atoms with Gasteiger partial charge in [-0.2, -0.15) is 0 Å². The van der Waals surface area contributed by atoms with Crippen molar-refractivity contribution in [2.45, 2.75) is 32.7 Å². The Morgan fingerprint density at radius 1 is 1.67 bits per heavy atom. The van der Waals surface area contributed by atoms with E-state index >= 15 is 0 Å². The van der Waals surface area contributed by atoms with Crippen LogP contribution in [-0.4, -0.2) is 18.5 Å². The van der Waals surface area contributed by atoms with Crippen LogP contribution in [0.4, 0.5) is 0 Å². The standard InChI is InChI=1S/C9H16N2O/c1-3-5-8(7-10)11-9(12)6-4-2/h8H,3,5,7,10H2,1-2H3,(H,11,12). The van der Waals surface area contributed by atoms with E-state index in [-0.39, 0.29) is 11.9 Å². The molecular weight excluding hydrogens is 152 g/mol. The Bertz CT molecular complexity index is 190. The Morgan fingerprint density at radius 2 is 2.33 bits per heavy atom. The van der Waals surface area contributed by atoms with Gasteiger partial charge in [0.15, 0.2) is 0 Å². The molecule has 0 saturated carbocycles. The van der Waals surface area contributed by atoms with Crippen LogP contribution in [0.1, 0.15) is 26.7 Å². The lowest BCUT2D eigenvalue weighted by molar-refractivity contribution is -0.116. The number of nitrogens with two attached hydrogens (primary N) is 1. The van der Waals surface area contributed by atoms with E-state index in [1.807, 2.05) is 0 Å². The first-order valence-corrected chi connectivity index (χ1v) is 4.17. The summed E-state index contributed by atoms with van der Waals surface area (Å²) < 4.78 is 0. The highest BCUT2D eigenvalue weighted by Crippen LogP contribution is 1.93. The van der Waals surface area contributed by atoms with Crippen molar-refractivity contribution in [3.63, 3.8) is 0 Å². The van der Waals surface area contributed by atoms with Crippen LogP contribution < -0.4 is 11.1 Å². The second-order valence-electron chi connectivity index (χ2n) is 2.57. The molecule has 0 aliphatic carbocycles. The Morgan fingerprint density at radius 3 is 2.75 bits per heavy atom. The lowest BCUT2D eigenvalue weighted by Crippen LogP contribution is -2.39. The minimum absolute atomic E-state index is 0.0725. The van der Waals surface area contributed by atoms with Crippen molar-refractivity contribution in [3.05, 3.63) is 0 Å². The average molecular weight is 168 g/mol. The van der Waals surface area contributed by atoms with Crippen molar-refractivity contribution in [2.75, 3.05) is 6.54 Å². The van der Waals surface area contributed by atoms with E-state index < -0.39 is 0 Å². The smallest absolute Gasteiger partial charge is 0.296 e. The quantitative estimate of drug-likeness (QED) is 0.591. The van der Waals surface area contributed by atoms with Crippen molar-refractivity contribution in [3.8, 4) is 11.8 Å². The Hall–Kier alpha value is -1.01. The summed E-state index contributed by atoms with van der Waals surface area (Å²) >= 11 is 0. The van der Waals surface area contributed by atoms with Crippen LogP contribution in [0, 0.1) is 11.8 Å². The van der Waals surface area contributed by atoms with Gasteiger partial charge in [-0.1, -0.05) is 19.3 Å². The van der Waals surface area contributed by atoms with Gasteiger partial charge >= 0.3 is 0 Å². The van der Waals surface area contributed by atoms with Gasteiger partial charge in [0.05, 0.1) is 0 Å². The Balaban J connectivity index is 3.82. The summed E-state index contributed by atoms with van der Waals surface area (Å²) in [6.07, 6.45) is 1.93. The normalized spacial score (nSPS) is 11.2. The zero-order valence-corrected chi connectivity index (χ0v) is 7.68. The van der Waals surface area contributed by atoms with Crippen LogP contribution in [0.15, 0.2) is 0 Å². The fourth-order valence-electron chi connectivity index (χ4n) is 0.932. The van der Waals surface area contributed by atoms with E-state index in [9.17, 15) is 4.79 Å². The molecule has 0 saturated heterocycles. The number of hydrogen-bond donors (Lipinski definition) is 2. The molecule has 0 heterocycles. The summed E-state index contributed by atoms with van der Waals surface area (Å²) in [4.78, 5) is 10.9. The monoisotopic (exact) mass is 168 g/mol. The molecule has 3 nitrogen and oxygen atoms in total. The van der Waals surface area contributed by atoms with Gasteiger partial charge in [0, 0.05) is 12.6 Å². The van der Waals surface area contributed by atoms with E-state index in [4.69, 9.17) is 5.73 Å². The highest BCUT2D eigenvalue weighted by molar-refractivity contribution is 5.93. The summed E-state index contributed by atoms with van der Waals surface area (Å²) in [5, 5.41) is 2.73. The third-order valence-corrected chi connectivity index (χ3v) is 1.50. The maximum Gasteiger partial charge on any atom is 0.296 e. The fourth-order valence-corrected chi connectivity index (χ4v) is 0.932. The lowest BCUT2D eigenvalue weighted by Gasteiger charge is -2.13. The molecular formula is C9H16N2O. The molecule has 0 aromatic carbocycles. The van der Waals surface area contributed by atoms with Crippen LogP contribution in [0.3, 0.4) is 0 Å². The predicted molar refractivity (Wildman–Crippen MR) is 49.3 cm³/mol. The molecule has 3 heteroatoms. The van der Waals surface area contributed by atoms with Gasteiger partial charge < -0.3 is 11.1 Å². The van der Waals surface area contributed by atoms with E-state index in [1.165, 1.54) is 0 Å². The zero-order chi connectivity index (χ0) is 9.40. The van der Waals surface area contributed by atoms with Crippen molar-refractivity contribution >= 4 is 5.91 Å². The summed E-state index contributed by atoms with van der Waals surface area (Å²) in [6.45, 7) is 4.17. The molecule has 0 aromatic rings. The molecule has 1 atom stereocenters. The maximum absolute atomic E-state index is 10.9. The SMILES string of the molecule is CC#CC(=O)NC(CN)CCC. The zero-order valence-electron chi connectivity index (χ0n) is 7.68. The van der Waals surface area contributed by atoms with Gasteiger partial charge in [0.25, 0.3) is 5.91 Å². The van der Waals surface area contributed by atoms with Crippen LogP contribution in [-0.2, 0) is 4.79 Å². The molecule has 0 spiro atoms. The molecule has 0 radical (unpaired) electrons. The summed E-state index contributed by atoms with van der Waals surface area (Å²) in [7, 11) is 0. The highest BCUT2D eigenvalue weighted by Gasteiger charge is 2.06. The number of carbonyl (C=O) groups excluding carboxylic acids is 1. The number of rotatable bonds is 4. The van der Waals surface area contributed by atoms with Gasteiger partial charge in [-0.25, -0.2) is 0 Å². The number of hydrogen-bond acceptors (Lipinski definition) is 2. The van der Waals surface area contributed by atoms with Gasteiger partial charge in [-0.15, -0.1) is 0 Å². The topological polar surface area (TPSA) is 55.1 Å². The summed E-state index contributed by atoms with van der Waals surface area (Å²) in [5.74, 6) is 4.71. The first-order valence-electron chi connectivity index (χ1n) is 4.17. The number of carbonyl (C=O) groups is 1. The lowest BCUT2D eigenvalue weighted by atomic mass is 10.2. The average Bonchev–Trinajstić information content (AvgIpc) is 2.04. The van der Waals surface area contributed by atoms with Crippen LogP contribution in [0.2, 0.25) is 0 Å². The predicted octanol–water partition coefficient (Wildman–Crippen LogP) is 0.253. The number of amides is 1. The van der Waals surface area contributed by atoms with E-state index in [0.717, 1.165) is 12.8 Å². The van der Waals surface area contributed by atoms with Crippen LogP contribution in [0.25, 0.3) is 0 Å². The van der Waals surface area contributed by atoms with Gasteiger partial charge in [-0.05, 0) is 19.3 Å². The largest absolute Gasteiger partial charge is 0.341 e. The van der Waals surface area contributed by atoms with Crippen molar-refractivity contribution in [1.29, 1.82) is 0 Å². The van der Waals surface area contributed by atoms with Crippen molar-refractivity contribution in [1.82, 2.24) is 5.32 Å². The van der Waals surface area contributed by atoms with E-state index in [0.29, 0.717) is 6.54 Å². The fraction of sp³-hybridized carbons (Fsp3) is 0.667. The van der Waals surface area contributed by atoms with Crippen molar-refractivity contribution < 1.29 is 4.79 Å². The maximum atomic E-state index is 10.9. The molecule has 3 N–H and O–H groups in total. The molecule has 0 aliphatic heterocycles. The summed E-state index contributed by atoms with van der Waals surface area (Å²) in [5.41, 5.74) is 5.44. The van der Waals surface area contributed by atoms with Crippen LogP contribution in [0.5, 0.6) is 0 Å². The summed E-state index contributed by atoms with van der Waals surface area (Å²) in [6, 6.07) is 0.0725. The van der Waals surface area contributed by atoms with Gasteiger partial charge in [0.2, 0.25) is 0 Å². The minimum Gasteiger partial charge on any atom is -0.341 e. The molecule has 0 aromatic heterocycles. The molecule has 0 fully saturated rings. The third-order valence-electron chi connectivity index (χ3n) is 1.50. The minimum atomic E-state index is -0.235. The van der Waals surface area contributed by atoms with E-state index in [2.05, 4.69) is 24.1 Å². The van der Waals surface area contributed by atoms with Gasteiger partial charge in [-0.3, -0.25) is 4.79 Å². The second kappa shape index (κ2) is 6.68. The third kappa shape index (κ3) is 4.75. The molecule has 0 bridgehead atoms. The first kappa shape index (κ1) is 11.0. The first-order chi connectivity index (χ1) is 5.74. The Labute approximate surface area is 73.7 Å². The highest BCUT2D eigenvalue weighted by atomic mass is 16.1. The molecule has 68 valence electrons.